The topological polar surface area (TPSA) is 72.7 Å². The van der Waals surface area contributed by atoms with Crippen molar-refractivity contribution in [2.75, 3.05) is 31.4 Å². The molecule has 7 nitrogen and oxygen atoms in total. The van der Waals surface area contributed by atoms with E-state index in [0.717, 1.165) is 58.4 Å². The number of rotatable bonds is 8. The van der Waals surface area contributed by atoms with Crippen LogP contribution in [0.25, 0.3) is 16.8 Å². The number of methoxy groups -OCH3 is 2. The van der Waals surface area contributed by atoms with Crippen molar-refractivity contribution in [3.63, 3.8) is 0 Å². The summed E-state index contributed by atoms with van der Waals surface area (Å²) < 4.78 is 12.6. The van der Waals surface area contributed by atoms with Crippen molar-refractivity contribution < 1.29 is 9.47 Å². The van der Waals surface area contributed by atoms with E-state index in [1.165, 1.54) is 0 Å². The number of aromatic nitrogens is 3. The maximum Gasteiger partial charge on any atom is 0.165 e. The molecule has 0 radical (unpaired) electrons. The number of nitrogens with one attached hydrogen (secondary N) is 2. The zero-order valence-electron chi connectivity index (χ0n) is 17.3. The van der Waals surface area contributed by atoms with Crippen LogP contribution in [-0.4, -0.2) is 35.4 Å². The number of ether oxygens (including phenoxy) is 2. The van der Waals surface area contributed by atoms with Gasteiger partial charge in [-0.25, -0.2) is 9.50 Å². The van der Waals surface area contributed by atoms with Crippen LogP contribution in [0.1, 0.15) is 13.3 Å². The molecule has 30 heavy (non-hydrogen) atoms. The molecule has 0 saturated heterocycles. The van der Waals surface area contributed by atoms with Crippen molar-refractivity contribution in [2.45, 2.75) is 13.3 Å². The third kappa shape index (κ3) is 4.15. The zero-order chi connectivity index (χ0) is 20.9. The van der Waals surface area contributed by atoms with E-state index < -0.39 is 0 Å². The lowest BCUT2D eigenvalue weighted by Gasteiger charge is -2.09. The summed E-state index contributed by atoms with van der Waals surface area (Å²) in [7, 11) is 3.27. The largest absolute Gasteiger partial charge is 0.497 e. The first kappa shape index (κ1) is 19.6. The molecule has 2 aromatic carbocycles. The van der Waals surface area contributed by atoms with Crippen molar-refractivity contribution in [3.8, 4) is 22.6 Å². The van der Waals surface area contributed by atoms with Crippen LogP contribution in [0.2, 0.25) is 0 Å². The Kier molecular flexibility index (Phi) is 5.70. The summed E-state index contributed by atoms with van der Waals surface area (Å²) in [5.74, 6) is 2.18. The minimum absolute atomic E-state index is 0.717. The first-order valence-electron chi connectivity index (χ1n) is 9.89. The average molecular weight is 403 g/mol. The van der Waals surface area contributed by atoms with Gasteiger partial charge < -0.3 is 20.1 Å². The molecule has 0 amide bonds. The standard InChI is InChI=1S/C23H25N5O2/c1-4-10-24-17-5-7-18(8-6-17)26-22-9-11-28-23(27-22)21(15-25-28)16-12-19(29-2)14-20(13-16)30-3/h5-9,11-15,24H,4,10H2,1-3H3,(H,26,27). The molecule has 0 aliphatic carbocycles. The van der Waals surface area contributed by atoms with Gasteiger partial charge in [0.1, 0.15) is 17.3 Å². The molecule has 7 heteroatoms. The summed E-state index contributed by atoms with van der Waals surface area (Å²) in [6, 6.07) is 15.8. The minimum Gasteiger partial charge on any atom is -0.497 e. The van der Waals surface area contributed by atoms with Gasteiger partial charge in [-0.1, -0.05) is 6.92 Å². The van der Waals surface area contributed by atoms with E-state index in [0.29, 0.717) is 0 Å². The molecule has 0 aliphatic heterocycles. The van der Waals surface area contributed by atoms with Gasteiger partial charge in [0, 0.05) is 35.7 Å². The first-order valence-corrected chi connectivity index (χ1v) is 9.89. The highest BCUT2D eigenvalue weighted by Gasteiger charge is 2.12. The Morgan fingerprint density at radius 2 is 1.63 bits per heavy atom. The van der Waals surface area contributed by atoms with E-state index in [1.807, 2.05) is 42.6 Å². The monoisotopic (exact) mass is 403 g/mol. The molecule has 154 valence electrons. The Hall–Kier alpha value is -3.74. The van der Waals surface area contributed by atoms with E-state index >= 15 is 0 Å². The van der Waals surface area contributed by atoms with Gasteiger partial charge in [-0.05, 0) is 54.4 Å². The van der Waals surface area contributed by atoms with Crippen LogP contribution < -0.4 is 20.1 Å². The number of anilines is 3. The lowest BCUT2D eigenvalue weighted by Crippen LogP contribution is -2.00. The summed E-state index contributed by atoms with van der Waals surface area (Å²) >= 11 is 0. The van der Waals surface area contributed by atoms with Crippen molar-refractivity contribution in [2.24, 2.45) is 0 Å². The minimum atomic E-state index is 0.717. The first-order chi connectivity index (χ1) is 14.7. The SMILES string of the molecule is CCCNc1ccc(Nc2ccn3ncc(-c4cc(OC)cc(OC)c4)c3n2)cc1. The van der Waals surface area contributed by atoms with Crippen molar-refractivity contribution in [1.29, 1.82) is 0 Å². The second-order valence-electron chi connectivity index (χ2n) is 6.87. The van der Waals surface area contributed by atoms with E-state index in [1.54, 1.807) is 24.9 Å². The fraction of sp³-hybridized carbons (Fsp3) is 0.217. The Balaban J connectivity index is 1.63. The molecule has 4 aromatic rings. The van der Waals surface area contributed by atoms with Crippen molar-refractivity contribution in [1.82, 2.24) is 14.6 Å². The van der Waals surface area contributed by atoms with E-state index in [2.05, 4.69) is 34.8 Å². The maximum atomic E-state index is 5.40. The van der Waals surface area contributed by atoms with Crippen LogP contribution in [0.15, 0.2) is 60.9 Å². The summed E-state index contributed by atoms with van der Waals surface area (Å²) in [5.41, 5.74) is 4.65. The number of hydrogen-bond acceptors (Lipinski definition) is 6. The number of benzene rings is 2. The molecule has 0 atom stereocenters. The van der Waals surface area contributed by atoms with Crippen LogP contribution in [0.4, 0.5) is 17.2 Å². The molecule has 4 rings (SSSR count). The highest BCUT2D eigenvalue weighted by molar-refractivity contribution is 5.79. The summed E-state index contributed by atoms with van der Waals surface area (Å²) in [6.07, 6.45) is 4.79. The van der Waals surface area contributed by atoms with Gasteiger partial charge in [-0.15, -0.1) is 0 Å². The highest BCUT2D eigenvalue weighted by atomic mass is 16.5. The highest BCUT2D eigenvalue weighted by Crippen LogP contribution is 2.32. The van der Waals surface area contributed by atoms with Crippen LogP contribution in [0.5, 0.6) is 11.5 Å². The van der Waals surface area contributed by atoms with Crippen LogP contribution >= 0.6 is 0 Å². The molecule has 0 fully saturated rings. The summed E-state index contributed by atoms with van der Waals surface area (Å²) in [5, 5.41) is 11.2. The predicted octanol–water partition coefficient (Wildman–Crippen LogP) is 4.98. The Morgan fingerprint density at radius 3 is 2.30 bits per heavy atom. The number of fused-ring (bicyclic) bond motifs is 1. The van der Waals surface area contributed by atoms with Gasteiger partial charge in [0.25, 0.3) is 0 Å². The molecule has 0 aliphatic rings. The van der Waals surface area contributed by atoms with E-state index in [-0.39, 0.29) is 0 Å². The van der Waals surface area contributed by atoms with Gasteiger partial charge in [0.05, 0.1) is 20.4 Å². The van der Waals surface area contributed by atoms with Crippen molar-refractivity contribution >= 4 is 22.8 Å². The molecule has 2 N–H and O–H groups in total. The Bertz CT molecular complexity index is 1120. The van der Waals surface area contributed by atoms with Crippen LogP contribution in [0.3, 0.4) is 0 Å². The summed E-state index contributed by atoms with van der Waals surface area (Å²) in [4.78, 5) is 4.78. The number of nitrogens with zero attached hydrogens (tertiary/aromatic N) is 3. The maximum absolute atomic E-state index is 5.40. The van der Waals surface area contributed by atoms with Gasteiger partial charge in [0.15, 0.2) is 5.65 Å². The fourth-order valence-electron chi connectivity index (χ4n) is 3.19. The molecular weight excluding hydrogens is 378 g/mol. The second-order valence-corrected chi connectivity index (χ2v) is 6.87. The normalized spacial score (nSPS) is 10.8. The average Bonchev–Trinajstić information content (AvgIpc) is 3.21. The lowest BCUT2D eigenvalue weighted by molar-refractivity contribution is 0.394. The van der Waals surface area contributed by atoms with Crippen molar-refractivity contribution in [3.05, 3.63) is 60.9 Å². The molecule has 0 spiro atoms. The van der Waals surface area contributed by atoms with Gasteiger partial charge >= 0.3 is 0 Å². The number of hydrogen-bond donors (Lipinski definition) is 2. The second kappa shape index (κ2) is 8.73. The summed E-state index contributed by atoms with van der Waals surface area (Å²) in [6.45, 7) is 3.11. The molecular formula is C23H25N5O2. The van der Waals surface area contributed by atoms with Gasteiger partial charge in [-0.2, -0.15) is 5.10 Å². The Morgan fingerprint density at radius 1 is 0.933 bits per heavy atom. The third-order valence-corrected chi connectivity index (χ3v) is 4.77. The van der Waals surface area contributed by atoms with E-state index in [4.69, 9.17) is 14.5 Å². The van der Waals surface area contributed by atoms with E-state index in [9.17, 15) is 0 Å². The van der Waals surface area contributed by atoms with Gasteiger partial charge in [0.2, 0.25) is 0 Å². The molecule has 0 unspecified atom stereocenters. The predicted molar refractivity (Wildman–Crippen MR) is 120 cm³/mol. The molecule has 0 bridgehead atoms. The lowest BCUT2D eigenvalue weighted by atomic mass is 10.1. The van der Waals surface area contributed by atoms with Gasteiger partial charge in [-0.3, -0.25) is 0 Å². The quantitative estimate of drug-likeness (QED) is 0.432. The van der Waals surface area contributed by atoms with Crippen LogP contribution in [-0.2, 0) is 0 Å². The third-order valence-electron chi connectivity index (χ3n) is 4.77. The fourth-order valence-corrected chi connectivity index (χ4v) is 3.19. The molecule has 2 aromatic heterocycles. The molecule has 2 heterocycles. The van der Waals surface area contributed by atoms with Crippen LogP contribution in [0, 0.1) is 0 Å². The Labute approximate surface area is 175 Å². The molecule has 0 saturated carbocycles. The zero-order valence-corrected chi connectivity index (χ0v) is 17.3. The smallest absolute Gasteiger partial charge is 0.165 e.